The second-order valence-electron chi connectivity index (χ2n) is 9.75. The molecule has 2 saturated heterocycles. The van der Waals surface area contributed by atoms with Crippen LogP contribution in [0.2, 0.25) is 0 Å². The van der Waals surface area contributed by atoms with E-state index in [2.05, 4.69) is 0 Å². The van der Waals surface area contributed by atoms with Crippen molar-refractivity contribution < 1.29 is 21.2 Å². The summed E-state index contributed by atoms with van der Waals surface area (Å²) in [6, 6.07) is 0. The van der Waals surface area contributed by atoms with Crippen LogP contribution in [0.5, 0.6) is 0 Å². The van der Waals surface area contributed by atoms with E-state index in [0.717, 1.165) is 10.8 Å². The van der Waals surface area contributed by atoms with Crippen molar-refractivity contribution in [2.24, 2.45) is 34.5 Å². The number of rotatable bonds is 1. The van der Waals surface area contributed by atoms with Crippen LogP contribution in [0.15, 0.2) is 0 Å². The Bertz CT molecular complexity index is 338. The van der Waals surface area contributed by atoms with Gasteiger partial charge in [0.05, 0.1) is 0 Å². The molecular formula is C19H28I-. The van der Waals surface area contributed by atoms with E-state index in [1.165, 1.54) is 31.5 Å². The molecule has 1 heteroatoms. The predicted octanol–water partition coefficient (Wildman–Crippen LogP) is 1.62. The maximum absolute atomic E-state index is 1.72. The van der Waals surface area contributed by atoms with E-state index in [0.29, 0.717) is 21.2 Å². The zero-order chi connectivity index (χ0) is 12.9. The van der Waals surface area contributed by atoms with Crippen molar-refractivity contribution in [2.45, 2.75) is 78.5 Å². The van der Waals surface area contributed by atoms with Gasteiger partial charge in [-0.2, -0.15) is 0 Å². The quantitative estimate of drug-likeness (QED) is 0.477. The summed E-state index contributed by atoms with van der Waals surface area (Å²) in [7, 11) is 0. The molecule has 6 saturated carbocycles. The molecule has 0 radical (unpaired) electrons. The fraction of sp³-hybridized carbons (Fsp3) is 1.00. The third kappa shape index (κ3) is 1.45. The SMILES string of the molecule is C1C2CC3CC1CC(C14CC5CC(C1)[I-]C(C5)C4)(C2)C3. The summed E-state index contributed by atoms with van der Waals surface area (Å²) in [5.41, 5.74) is 1.76. The molecule has 0 spiro atoms. The predicted molar refractivity (Wildman–Crippen MR) is 77.2 cm³/mol. The van der Waals surface area contributed by atoms with Gasteiger partial charge >= 0.3 is 134 Å². The van der Waals surface area contributed by atoms with E-state index in [-0.39, 0.29) is 0 Å². The summed E-state index contributed by atoms with van der Waals surface area (Å²) < 4.78 is 2.54. The Kier molecular flexibility index (Phi) is 2.31. The first-order chi connectivity index (χ1) is 9.72. The Balaban J connectivity index is 1.44. The molecule has 2 atom stereocenters. The Morgan fingerprint density at radius 3 is 1.35 bits per heavy atom. The average Bonchev–Trinajstić information content (AvgIpc) is 2.35. The summed E-state index contributed by atoms with van der Waals surface area (Å²) in [6.45, 7) is 0. The molecule has 8 rings (SSSR count). The van der Waals surface area contributed by atoms with E-state index >= 15 is 0 Å². The summed E-state index contributed by atoms with van der Waals surface area (Å²) in [6.07, 6.45) is 18.5. The summed E-state index contributed by atoms with van der Waals surface area (Å²) in [5, 5.41) is 0. The minimum atomic E-state index is 0.600. The Morgan fingerprint density at radius 1 is 0.500 bits per heavy atom. The summed E-state index contributed by atoms with van der Waals surface area (Å²) >= 11 is 0.600. The number of alkyl halides is 2. The molecule has 0 aromatic heterocycles. The molecule has 20 heavy (non-hydrogen) atoms. The van der Waals surface area contributed by atoms with Crippen molar-refractivity contribution in [1.82, 2.24) is 0 Å². The topological polar surface area (TPSA) is 0 Å². The van der Waals surface area contributed by atoms with Crippen LogP contribution < -0.4 is 21.2 Å². The van der Waals surface area contributed by atoms with E-state index in [9.17, 15) is 0 Å². The molecule has 112 valence electrons. The molecule has 6 aliphatic carbocycles. The van der Waals surface area contributed by atoms with Gasteiger partial charge in [-0.05, 0) is 0 Å². The molecule has 0 N–H and O–H groups in total. The van der Waals surface area contributed by atoms with Crippen molar-refractivity contribution in [1.29, 1.82) is 0 Å². The van der Waals surface area contributed by atoms with Gasteiger partial charge in [0, 0.05) is 0 Å². The van der Waals surface area contributed by atoms with Crippen LogP contribution in [0.1, 0.15) is 70.6 Å². The number of hydrogen-bond acceptors (Lipinski definition) is 0. The second-order valence-corrected chi connectivity index (χ2v) is 14.0. The average molecular weight is 383 g/mol. The Hall–Kier alpha value is 0.730. The first kappa shape index (κ1) is 12.2. The Morgan fingerprint density at radius 2 is 0.900 bits per heavy atom. The molecule has 8 aliphatic rings. The van der Waals surface area contributed by atoms with E-state index < -0.39 is 0 Å². The maximum atomic E-state index is 1.72. The van der Waals surface area contributed by atoms with E-state index in [1.54, 1.807) is 70.6 Å². The molecule has 0 amide bonds. The van der Waals surface area contributed by atoms with E-state index in [4.69, 9.17) is 0 Å². The number of hydrogen-bond donors (Lipinski definition) is 0. The van der Waals surface area contributed by atoms with Crippen molar-refractivity contribution in [3.8, 4) is 0 Å². The molecule has 0 aromatic rings. The van der Waals surface area contributed by atoms with Gasteiger partial charge in [0.15, 0.2) is 0 Å². The number of halogens is 1. The fourth-order valence-corrected chi connectivity index (χ4v) is 14.3. The van der Waals surface area contributed by atoms with Gasteiger partial charge < -0.3 is 0 Å². The summed E-state index contributed by atoms with van der Waals surface area (Å²) in [4.78, 5) is 0. The molecule has 2 unspecified atom stereocenters. The summed E-state index contributed by atoms with van der Waals surface area (Å²) in [5.74, 6) is 4.70. The van der Waals surface area contributed by atoms with Gasteiger partial charge in [0.1, 0.15) is 0 Å². The normalized spacial score (nSPS) is 66.4. The van der Waals surface area contributed by atoms with Crippen LogP contribution in [0.3, 0.4) is 0 Å². The second kappa shape index (κ2) is 3.79. The Labute approximate surface area is 134 Å². The van der Waals surface area contributed by atoms with Gasteiger partial charge in [-0.15, -0.1) is 0 Å². The van der Waals surface area contributed by atoms with Gasteiger partial charge in [-0.3, -0.25) is 0 Å². The zero-order valence-corrected chi connectivity index (χ0v) is 14.8. The van der Waals surface area contributed by atoms with Gasteiger partial charge in [0.2, 0.25) is 0 Å². The first-order valence-electron chi connectivity index (χ1n) is 9.34. The van der Waals surface area contributed by atoms with Gasteiger partial charge in [0.25, 0.3) is 0 Å². The molecule has 8 bridgehead atoms. The zero-order valence-electron chi connectivity index (χ0n) is 12.6. The van der Waals surface area contributed by atoms with Gasteiger partial charge in [-0.25, -0.2) is 0 Å². The molecule has 0 nitrogen and oxygen atoms in total. The van der Waals surface area contributed by atoms with Crippen LogP contribution in [0.25, 0.3) is 0 Å². The third-order valence-electron chi connectivity index (χ3n) is 8.60. The molecule has 8 fully saturated rings. The molecule has 2 aliphatic heterocycles. The van der Waals surface area contributed by atoms with Crippen LogP contribution in [-0.4, -0.2) is 7.85 Å². The molecule has 0 aromatic carbocycles. The van der Waals surface area contributed by atoms with Crippen molar-refractivity contribution in [2.75, 3.05) is 0 Å². The van der Waals surface area contributed by atoms with Crippen LogP contribution in [0.4, 0.5) is 0 Å². The van der Waals surface area contributed by atoms with E-state index in [1.807, 2.05) is 0 Å². The molecule has 2 heterocycles. The van der Waals surface area contributed by atoms with Crippen molar-refractivity contribution >= 4 is 0 Å². The van der Waals surface area contributed by atoms with Crippen molar-refractivity contribution in [3.63, 3.8) is 0 Å². The van der Waals surface area contributed by atoms with Gasteiger partial charge in [-0.1, -0.05) is 0 Å². The van der Waals surface area contributed by atoms with Crippen LogP contribution in [-0.2, 0) is 0 Å². The monoisotopic (exact) mass is 383 g/mol. The fourth-order valence-electron chi connectivity index (χ4n) is 8.66. The minimum absolute atomic E-state index is 0.600. The third-order valence-corrected chi connectivity index (χ3v) is 12.5. The van der Waals surface area contributed by atoms with Crippen molar-refractivity contribution in [3.05, 3.63) is 0 Å². The molecular weight excluding hydrogens is 355 g/mol. The standard InChI is InChI=1S/C19H28I/c1-12-2-14-3-13(1)7-18(6-12,8-14)19-9-15-4-16(10-19)20-17(5-15)11-19/h12-17H,1-11H2/q-1. The first-order valence-corrected chi connectivity index (χ1v) is 11.8. The van der Waals surface area contributed by atoms with Crippen LogP contribution >= 0.6 is 0 Å². The van der Waals surface area contributed by atoms with Crippen LogP contribution in [0, 0.1) is 34.5 Å².